The summed E-state index contributed by atoms with van der Waals surface area (Å²) in [6, 6.07) is 10.2. The topological polar surface area (TPSA) is 77.0 Å². The maximum Gasteiger partial charge on any atom is 0.289 e. The molecule has 0 aliphatic heterocycles. The Labute approximate surface area is 160 Å². The summed E-state index contributed by atoms with van der Waals surface area (Å²) in [7, 11) is 4.88. The van der Waals surface area contributed by atoms with E-state index in [0.717, 1.165) is 0 Å². The van der Waals surface area contributed by atoms with Gasteiger partial charge >= 0.3 is 0 Å². The second-order valence-electron chi connectivity index (χ2n) is 5.93. The minimum Gasteiger partial charge on any atom is -0.497 e. The van der Waals surface area contributed by atoms with E-state index in [1.165, 1.54) is 16.2 Å². The van der Waals surface area contributed by atoms with Crippen molar-refractivity contribution in [1.82, 2.24) is 9.47 Å². The Hall–Kier alpha value is -3.13. The van der Waals surface area contributed by atoms with Gasteiger partial charge < -0.3 is 18.6 Å². The van der Waals surface area contributed by atoms with Crippen LogP contribution >= 0.6 is 11.3 Å². The Morgan fingerprint density at radius 2 is 2.07 bits per heavy atom. The summed E-state index contributed by atoms with van der Waals surface area (Å²) in [5, 5.41) is 1.84. The van der Waals surface area contributed by atoms with E-state index in [4.69, 9.17) is 9.15 Å². The summed E-state index contributed by atoms with van der Waals surface area (Å²) in [6.07, 6.45) is 1.82. The van der Waals surface area contributed by atoms with Crippen LogP contribution < -0.4 is 9.54 Å². The zero-order valence-electron chi connectivity index (χ0n) is 15.2. The number of hydrogen-bond acceptors (Lipinski definition) is 5. The smallest absolute Gasteiger partial charge is 0.289 e. The fourth-order valence-electron chi connectivity index (χ4n) is 2.38. The predicted octanol–water partition coefficient (Wildman–Crippen LogP) is 2.64. The average molecular weight is 385 g/mol. The molecule has 0 saturated carbocycles. The van der Waals surface area contributed by atoms with Crippen LogP contribution in [0.5, 0.6) is 5.75 Å². The number of methoxy groups -OCH3 is 1. The van der Waals surface area contributed by atoms with E-state index in [-0.39, 0.29) is 17.6 Å². The van der Waals surface area contributed by atoms with E-state index in [9.17, 15) is 9.59 Å². The molecule has 2 amide bonds. The van der Waals surface area contributed by atoms with Gasteiger partial charge in [0.1, 0.15) is 11.5 Å². The molecule has 0 atom stereocenters. The first-order valence-corrected chi connectivity index (χ1v) is 9.03. The van der Waals surface area contributed by atoms with E-state index in [1.807, 2.05) is 11.6 Å². The minimum absolute atomic E-state index is 0.199. The van der Waals surface area contributed by atoms with Crippen LogP contribution in [0.15, 0.2) is 57.4 Å². The van der Waals surface area contributed by atoms with Gasteiger partial charge in [0, 0.05) is 31.2 Å². The molecule has 0 unspecified atom stereocenters. The van der Waals surface area contributed by atoms with Crippen molar-refractivity contribution in [3.63, 3.8) is 0 Å². The van der Waals surface area contributed by atoms with Crippen molar-refractivity contribution in [2.24, 2.45) is 4.99 Å². The molecular weight excluding hydrogens is 366 g/mol. The number of rotatable bonds is 5. The molecule has 140 valence electrons. The van der Waals surface area contributed by atoms with Crippen molar-refractivity contribution in [3.8, 4) is 5.75 Å². The zero-order valence-corrected chi connectivity index (χ0v) is 16.0. The van der Waals surface area contributed by atoms with Gasteiger partial charge in [-0.2, -0.15) is 4.99 Å². The van der Waals surface area contributed by atoms with Crippen LogP contribution in [-0.2, 0) is 6.54 Å². The van der Waals surface area contributed by atoms with Gasteiger partial charge in [-0.15, -0.1) is 11.3 Å². The Morgan fingerprint density at radius 3 is 2.81 bits per heavy atom. The molecule has 0 radical (unpaired) electrons. The lowest BCUT2D eigenvalue weighted by Gasteiger charge is -2.06. The summed E-state index contributed by atoms with van der Waals surface area (Å²) in [6.45, 7) is 0.369. The number of hydrogen-bond donors (Lipinski definition) is 0. The molecule has 3 rings (SSSR count). The number of nitrogens with zero attached hydrogens (tertiary/aromatic N) is 3. The van der Waals surface area contributed by atoms with Crippen LogP contribution in [0.3, 0.4) is 0 Å². The number of carbonyl (C=O) groups is 2. The molecule has 0 saturated heterocycles. The first kappa shape index (κ1) is 18.7. The lowest BCUT2D eigenvalue weighted by Crippen LogP contribution is -2.21. The summed E-state index contributed by atoms with van der Waals surface area (Å²) >= 11 is 1.35. The highest BCUT2D eigenvalue weighted by Crippen LogP contribution is 2.14. The third kappa shape index (κ3) is 4.35. The van der Waals surface area contributed by atoms with E-state index in [2.05, 4.69) is 4.99 Å². The summed E-state index contributed by atoms with van der Waals surface area (Å²) in [4.78, 5) is 30.6. The predicted molar refractivity (Wildman–Crippen MR) is 101 cm³/mol. The van der Waals surface area contributed by atoms with Gasteiger partial charge in [0.25, 0.3) is 11.8 Å². The molecule has 3 aromatic rings. The Balaban J connectivity index is 1.82. The van der Waals surface area contributed by atoms with Crippen molar-refractivity contribution in [3.05, 3.63) is 69.9 Å². The van der Waals surface area contributed by atoms with Crippen molar-refractivity contribution in [2.45, 2.75) is 6.54 Å². The lowest BCUT2D eigenvalue weighted by atomic mass is 10.2. The highest BCUT2D eigenvalue weighted by atomic mass is 32.1. The summed E-state index contributed by atoms with van der Waals surface area (Å²) in [5.41, 5.74) is 0.450. The fraction of sp³-hybridized carbons (Fsp3) is 0.211. The van der Waals surface area contributed by atoms with Gasteiger partial charge in [0.2, 0.25) is 0 Å². The molecule has 0 aliphatic carbocycles. The molecule has 0 aliphatic rings. The molecule has 1 aromatic carbocycles. The monoisotopic (exact) mass is 385 g/mol. The van der Waals surface area contributed by atoms with E-state index in [1.54, 1.807) is 62.2 Å². The molecule has 7 nitrogen and oxygen atoms in total. The van der Waals surface area contributed by atoms with Crippen molar-refractivity contribution in [1.29, 1.82) is 0 Å². The number of ether oxygens (including phenoxy) is 1. The van der Waals surface area contributed by atoms with Gasteiger partial charge in [-0.3, -0.25) is 9.59 Å². The van der Waals surface area contributed by atoms with Crippen LogP contribution in [0.2, 0.25) is 0 Å². The van der Waals surface area contributed by atoms with Crippen LogP contribution in [-0.4, -0.2) is 42.5 Å². The molecule has 0 bridgehead atoms. The number of thiazole rings is 1. The van der Waals surface area contributed by atoms with Gasteiger partial charge in [0.15, 0.2) is 10.6 Å². The first-order valence-electron chi connectivity index (χ1n) is 8.15. The van der Waals surface area contributed by atoms with E-state index >= 15 is 0 Å². The number of amides is 2. The number of benzene rings is 1. The van der Waals surface area contributed by atoms with Crippen molar-refractivity contribution in [2.75, 3.05) is 21.2 Å². The summed E-state index contributed by atoms with van der Waals surface area (Å²) < 4.78 is 12.5. The Morgan fingerprint density at radius 1 is 1.26 bits per heavy atom. The molecule has 2 heterocycles. The third-order valence-electron chi connectivity index (χ3n) is 3.78. The minimum atomic E-state index is -0.354. The Bertz CT molecular complexity index is 1030. The zero-order chi connectivity index (χ0) is 19.4. The fourth-order valence-corrected chi connectivity index (χ4v) is 3.11. The molecule has 0 fully saturated rings. The Kier molecular flexibility index (Phi) is 5.56. The molecule has 2 aromatic heterocycles. The number of furan rings is 1. The average Bonchev–Trinajstić information content (AvgIpc) is 3.31. The maximum absolute atomic E-state index is 12.5. The van der Waals surface area contributed by atoms with Crippen molar-refractivity contribution < 1.29 is 18.7 Å². The third-order valence-corrected chi connectivity index (χ3v) is 4.57. The van der Waals surface area contributed by atoms with Crippen LogP contribution in [0.25, 0.3) is 0 Å². The first-order chi connectivity index (χ1) is 13.0. The SMILES string of the molecule is COc1cccc(C(=O)N=c2sccn2Cc2ccc(C(=O)N(C)C)o2)c1. The highest BCUT2D eigenvalue weighted by Gasteiger charge is 2.13. The van der Waals surface area contributed by atoms with Gasteiger partial charge in [0.05, 0.1) is 13.7 Å². The molecule has 27 heavy (non-hydrogen) atoms. The van der Waals surface area contributed by atoms with E-state index < -0.39 is 0 Å². The molecule has 0 spiro atoms. The van der Waals surface area contributed by atoms with Crippen molar-refractivity contribution >= 4 is 23.2 Å². The molecule has 8 heteroatoms. The second kappa shape index (κ2) is 8.05. The van der Waals surface area contributed by atoms with Crippen LogP contribution in [0.4, 0.5) is 0 Å². The van der Waals surface area contributed by atoms with E-state index in [0.29, 0.717) is 28.4 Å². The standard InChI is InChI=1S/C19H19N3O4S/c1-21(2)18(24)16-8-7-15(26-16)12-22-9-10-27-19(22)20-17(23)13-5-4-6-14(11-13)25-3/h4-11H,12H2,1-3H3. The maximum atomic E-state index is 12.5. The van der Waals surface area contributed by atoms with Gasteiger partial charge in [-0.05, 0) is 30.3 Å². The molecule has 0 N–H and O–H groups in total. The second-order valence-corrected chi connectivity index (χ2v) is 6.80. The van der Waals surface area contributed by atoms with Gasteiger partial charge in [-0.25, -0.2) is 0 Å². The summed E-state index contributed by atoms with van der Waals surface area (Å²) in [5.74, 6) is 0.928. The normalized spacial score (nSPS) is 11.4. The lowest BCUT2D eigenvalue weighted by molar-refractivity contribution is 0.0794. The highest BCUT2D eigenvalue weighted by molar-refractivity contribution is 7.07. The quantitative estimate of drug-likeness (QED) is 0.677. The van der Waals surface area contributed by atoms with Crippen LogP contribution in [0, 0.1) is 0 Å². The van der Waals surface area contributed by atoms with Crippen LogP contribution in [0.1, 0.15) is 26.7 Å². The largest absolute Gasteiger partial charge is 0.497 e. The number of carbonyl (C=O) groups excluding carboxylic acids is 2. The number of aromatic nitrogens is 1. The van der Waals surface area contributed by atoms with Gasteiger partial charge in [-0.1, -0.05) is 6.07 Å². The molecular formula is C19H19N3O4S.